The van der Waals surface area contributed by atoms with E-state index in [0.29, 0.717) is 44.6 Å². The molecule has 0 amide bonds. The number of anilines is 1. The zero-order chi connectivity index (χ0) is 23.2. The highest BCUT2D eigenvalue weighted by atomic mass is 32.1. The summed E-state index contributed by atoms with van der Waals surface area (Å²) in [6, 6.07) is 7.59. The van der Waals surface area contributed by atoms with E-state index >= 15 is 0 Å². The summed E-state index contributed by atoms with van der Waals surface area (Å²) in [6.07, 6.45) is 0.957. The molecule has 0 fully saturated rings. The summed E-state index contributed by atoms with van der Waals surface area (Å²) in [5, 5.41) is 17.7. The van der Waals surface area contributed by atoms with Gasteiger partial charge in [-0.05, 0) is 30.1 Å². The van der Waals surface area contributed by atoms with E-state index in [1.807, 2.05) is 19.9 Å². The van der Waals surface area contributed by atoms with Crippen LogP contribution in [-0.4, -0.2) is 30.2 Å². The molecule has 1 unspecified atom stereocenters. The fourth-order valence-corrected chi connectivity index (χ4v) is 5.33. The molecule has 1 aromatic carbocycles. The predicted molar refractivity (Wildman–Crippen MR) is 124 cm³/mol. The van der Waals surface area contributed by atoms with Crippen LogP contribution in [0.5, 0.6) is 11.5 Å². The Kier molecular flexibility index (Phi) is 5.56. The molecule has 2 aromatic rings. The van der Waals surface area contributed by atoms with Gasteiger partial charge in [0, 0.05) is 29.3 Å². The van der Waals surface area contributed by atoms with Crippen molar-refractivity contribution in [2.45, 2.75) is 32.6 Å². The molecule has 4 rings (SSSR count). The van der Waals surface area contributed by atoms with Crippen molar-refractivity contribution in [3.05, 3.63) is 50.4 Å². The maximum atomic E-state index is 13.5. The van der Waals surface area contributed by atoms with Crippen molar-refractivity contribution in [3.63, 3.8) is 0 Å². The highest BCUT2D eigenvalue weighted by Crippen LogP contribution is 2.51. The number of methoxy groups -OCH3 is 2. The molecule has 3 N–H and O–H groups in total. The number of nitriles is 1. The number of hydrogen-bond donors (Lipinski definition) is 2. The third kappa shape index (κ3) is 3.57. The van der Waals surface area contributed by atoms with Crippen LogP contribution in [0.1, 0.15) is 38.2 Å². The van der Waals surface area contributed by atoms with Gasteiger partial charge in [-0.15, -0.1) is 5.10 Å². The van der Waals surface area contributed by atoms with E-state index in [1.165, 1.54) is 11.3 Å². The number of benzene rings is 1. The molecule has 2 heterocycles. The van der Waals surface area contributed by atoms with Crippen molar-refractivity contribution in [2.75, 3.05) is 19.1 Å². The first-order valence-corrected chi connectivity index (χ1v) is 11.2. The van der Waals surface area contributed by atoms with Crippen LogP contribution in [0.15, 0.2) is 40.9 Å². The van der Waals surface area contributed by atoms with Crippen molar-refractivity contribution in [1.82, 2.24) is 10.2 Å². The lowest BCUT2D eigenvalue weighted by molar-refractivity contribution is -0.118. The van der Waals surface area contributed by atoms with Gasteiger partial charge in [0.05, 0.1) is 31.8 Å². The summed E-state index contributed by atoms with van der Waals surface area (Å²) in [5.74, 6) is 0.687. The van der Waals surface area contributed by atoms with E-state index in [0.717, 1.165) is 5.70 Å². The number of hydrogen-bond acceptors (Lipinski definition) is 9. The van der Waals surface area contributed by atoms with Gasteiger partial charge in [-0.1, -0.05) is 31.3 Å². The Morgan fingerprint density at radius 1 is 1.34 bits per heavy atom. The molecule has 0 saturated carbocycles. The Morgan fingerprint density at radius 2 is 2.09 bits per heavy atom. The molecule has 1 aliphatic carbocycles. The molecule has 0 saturated heterocycles. The van der Waals surface area contributed by atoms with Crippen molar-refractivity contribution in [1.29, 1.82) is 5.26 Å². The molecule has 1 atom stereocenters. The Labute approximate surface area is 194 Å². The molecule has 1 aromatic heterocycles. The average Bonchev–Trinajstić information content (AvgIpc) is 3.17. The molecule has 32 heavy (non-hydrogen) atoms. The van der Waals surface area contributed by atoms with Gasteiger partial charge in [0.1, 0.15) is 17.3 Å². The average molecular weight is 470 g/mol. The van der Waals surface area contributed by atoms with Crippen LogP contribution >= 0.6 is 23.6 Å². The van der Waals surface area contributed by atoms with E-state index in [4.69, 9.17) is 27.4 Å². The summed E-state index contributed by atoms with van der Waals surface area (Å²) < 4.78 is 11.4. The first-order chi connectivity index (χ1) is 15.2. The quantitative estimate of drug-likeness (QED) is 0.641. The molecule has 166 valence electrons. The second-order valence-electron chi connectivity index (χ2n) is 8.48. The van der Waals surface area contributed by atoms with Gasteiger partial charge in [-0.3, -0.25) is 14.8 Å². The number of aromatic nitrogens is 2. The number of nitrogens with zero attached hydrogens (tertiary/aromatic N) is 3. The van der Waals surface area contributed by atoms with Crippen molar-refractivity contribution < 1.29 is 14.3 Å². The van der Waals surface area contributed by atoms with Crippen molar-refractivity contribution in [2.24, 2.45) is 11.1 Å². The first-order valence-electron chi connectivity index (χ1n) is 9.94. The van der Waals surface area contributed by atoms with Crippen molar-refractivity contribution in [3.8, 4) is 17.6 Å². The lowest BCUT2D eigenvalue weighted by Crippen LogP contribution is -2.42. The standard InChI is InChI=1S/C22H23N5O3S2/c1-22(2)8-14-18(15(28)9-22)17(12-6-5-11(29-3)7-16(12)30-4)13(10-23)19(24)27(14)20-25-26-21(31)32-20/h5-7,17H,8-9,24H2,1-4H3,(H,26,31). The van der Waals surface area contributed by atoms with Gasteiger partial charge in [-0.2, -0.15) is 5.26 Å². The van der Waals surface area contributed by atoms with Crippen LogP contribution in [0.3, 0.4) is 0 Å². The van der Waals surface area contributed by atoms with Crippen molar-refractivity contribution >= 4 is 34.5 Å². The number of ketones is 1. The van der Waals surface area contributed by atoms with Crippen LogP contribution in [-0.2, 0) is 4.79 Å². The number of nitrogens with one attached hydrogen (secondary N) is 1. The Balaban J connectivity index is 2.02. The summed E-state index contributed by atoms with van der Waals surface area (Å²) in [7, 11) is 3.11. The third-order valence-electron chi connectivity index (χ3n) is 5.75. The Hall–Kier alpha value is -3.16. The van der Waals surface area contributed by atoms with Gasteiger partial charge in [0.25, 0.3) is 0 Å². The van der Waals surface area contributed by atoms with Gasteiger partial charge >= 0.3 is 0 Å². The maximum Gasteiger partial charge on any atom is 0.216 e. The number of allylic oxidation sites excluding steroid dienone is 3. The highest BCUT2D eigenvalue weighted by molar-refractivity contribution is 7.73. The van der Waals surface area contributed by atoms with E-state index in [1.54, 1.807) is 31.3 Å². The summed E-state index contributed by atoms with van der Waals surface area (Å²) in [6.45, 7) is 4.09. The number of Topliss-reactive ketones (excluding diaryl/α,β-unsaturated/α-hetero) is 1. The summed E-state index contributed by atoms with van der Waals surface area (Å²) in [4.78, 5) is 15.2. The number of aromatic amines is 1. The predicted octanol–water partition coefficient (Wildman–Crippen LogP) is 4.16. The van der Waals surface area contributed by atoms with E-state index in [9.17, 15) is 10.1 Å². The Bertz CT molecular complexity index is 1260. The monoisotopic (exact) mass is 469 g/mol. The molecule has 0 radical (unpaired) electrons. The second kappa shape index (κ2) is 8.07. The third-order valence-corrected chi connectivity index (χ3v) is 6.83. The Morgan fingerprint density at radius 3 is 2.69 bits per heavy atom. The lowest BCUT2D eigenvalue weighted by Gasteiger charge is -2.42. The number of ether oxygens (including phenoxy) is 2. The number of nitrogens with two attached hydrogens (primary N) is 1. The minimum absolute atomic E-state index is 0.0245. The van der Waals surface area contributed by atoms with Crippen LogP contribution in [0.25, 0.3) is 0 Å². The smallest absolute Gasteiger partial charge is 0.216 e. The van der Waals surface area contributed by atoms with Gasteiger partial charge in [0.2, 0.25) is 5.13 Å². The maximum absolute atomic E-state index is 13.5. The van der Waals surface area contributed by atoms with E-state index < -0.39 is 5.92 Å². The highest BCUT2D eigenvalue weighted by Gasteiger charge is 2.46. The van der Waals surface area contributed by atoms with Crippen LogP contribution < -0.4 is 20.1 Å². The van der Waals surface area contributed by atoms with Gasteiger partial charge < -0.3 is 15.2 Å². The van der Waals surface area contributed by atoms with Gasteiger partial charge in [-0.25, -0.2) is 0 Å². The van der Waals surface area contributed by atoms with Crippen LogP contribution in [0, 0.1) is 20.7 Å². The number of rotatable bonds is 4. The fraction of sp³-hybridized carbons (Fsp3) is 0.364. The van der Waals surface area contributed by atoms with Crippen LogP contribution in [0.4, 0.5) is 5.13 Å². The topological polar surface area (TPSA) is 117 Å². The molecular formula is C22H23N5O3S2. The minimum atomic E-state index is -0.650. The molecule has 10 heteroatoms. The number of H-pyrrole nitrogens is 1. The molecule has 0 spiro atoms. The molecule has 1 aliphatic heterocycles. The summed E-state index contributed by atoms with van der Waals surface area (Å²) >= 11 is 6.45. The fourth-order valence-electron chi connectivity index (χ4n) is 4.41. The molecular weight excluding hydrogens is 446 g/mol. The lowest BCUT2D eigenvalue weighted by atomic mass is 9.68. The zero-order valence-corrected chi connectivity index (χ0v) is 19.8. The molecule has 2 aliphatic rings. The second-order valence-corrected chi connectivity index (χ2v) is 10.1. The largest absolute Gasteiger partial charge is 0.497 e. The van der Waals surface area contributed by atoms with Crippen LogP contribution in [0.2, 0.25) is 0 Å². The molecule has 0 bridgehead atoms. The zero-order valence-electron chi connectivity index (χ0n) is 18.2. The SMILES string of the molecule is COc1ccc(C2C(C#N)=C(N)N(c3n[nH]c(=S)s3)C3=C2C(=O)CC(C)(C)C3)c(OC)c1. The van der Waals surface area contributed by atoms with E-state index in [-0.39, 0.29) is 22.6 Å². The molecule has 8 nitrogen and oxygen atoms in total. The van der Waals surface area contributed by atoms with Gasteiger partial charge in [0.15, 0.2) is 9.74 Å². The first kappa shape index (κ1) is 22.0. The summed E-state index contributed by atoms with van der Waals surface area (Å²) in [5.41, 5.74) is 8.54. The normalized spacial score (nSPS) is 20.2. The number of carbonyl (C=O) groups is 1. The number of carbonyl (C=O) groups excluding carboxylic acids is 1. The van der Waals surface area contributed by atoms with E-state index in [2.05, 4.69) is 16.3 Å². The minimum Gasteiger partial charge on any atom is -0.497 e.